The van der Waals surface area contributed by atoms with E-state index in [9.17, 15) is 9.59 Å². The average molecular weight is 334 g/mol. The first-order valence-corrected chi connectivity index (χ1v) is 8.49. The molecule has 1 aromatic heterocycles. The molecule has 0 aromatic carbocycles. The molecule has 2 heterocycles. The summed E-state index contributed by atoms with van der Waals surface area (Å²) in [5, 5.41) is 0. The van der Waals surface area contributed by atoms with Crippen LogP contribution in [0.3, 0.4) is 0 Å². The summed E-state index contributed by atoms with van der Waals surface area (Å²) in [7, 11) is 1.89. The molecule has 0 spiro atoms. The van der Waals surface area contributed by atoms with Gasteiger partial charge in [-0.15, -0.1) is 0 Å². The smallest absolute Gasteiger partial charge is 0.410 e. The highest BCUT2D eigenvalue weighted by Crippen LogP contribution is 2.32. The van der Waals surface area contributed by atoms with Crippen LogP contribution in [0.1, 0.15) is 39.3 Å². The Balaban J connectivity index is 1.57. The van der Waals surface area contributed by atoms with Crippen LogP contribution < -0.4 is 0 Å². The third-order valence-electron chi connectivity index (χ3n) is 4.38. The van der Waals surface area contributed by atoms with Crippen LogP contribution >= 0.6 is 0 Å². The van der Waals surface area contributed by atoms with Gasteiger partial charge in [0, 0.05) is 38.1 Å². The fraction of sp³-hybridized carbons (Fsp3) is 0.706. The molecule has 7 nitrogen and oxygen atoms in total. The summed E-state index contributed by atoms with van der Waals surface area (Å²) in [6.45, 7) is 6.69. The van der Waals surface area contributed by atoms with Crippen LogP contribution in [0.25, 0.3) is 0 Å². The van der Waals surface area contributed by atoms with Crippen molar-refractivity contribution in [2.75, 3.05) is 13.1 Å². The first-order valence-electron chi connectivity index (χ1n) is 8.49. The molecule has 0 unspecified atom stereocenters. The van der Waals surface area contributed by atoms with E-state index in [4.69, 9.17) is 4.74 Å². The molecule has 132 valence electrons. The predicted octanol–water partition coefficient (Wildman–Crippen LogP) is 1.57. The summed E-state index contributed by atoms with van der Waals surface area (Å²) in [5.74, 6) is 0.120. The summed E-state index contributed by atoms with van der Waals surface area (Å²) in [6, 6.07) is 0.433. The Bertz CT molecular complexity index is 624. The minimum atomic E-state index is -0.492. The molecular formula is C17H26N4O3. The van der Waals surface area contributed by atoms with E-state index in [2.05, 4.69) is 4.98 Å². The Kier molecular flexibility index (Phi) is 4.27. The van der Waals surface area contributed by atoms with E-state index in [0.29, 0.717) is 25.6 Å². The number of carbonyl (C=O) groups excluding carboxylic acids is 2. The van der Waals surface area contributed by atoms with Gasteiger partial charge in [0.2, 0.25) is 5.91 Å². The molecular weight excluding hydrogens is 308 g/mol. The second-order valence-electron chi connectivity index (χ2n) is 7.74. The average Bonchev–Trinajstić information content (AvgIpc) is 3.15. The molecule has 1 aliphatic carbocycles. The maximum absolute atomic E-state index is 12.7. The van der Waals surface area contributed by atoms with Crippen molar-refractivity contribution in [3.63, 3.8) is 0 Å². The second-order valence-corrected chi connectivity index (χ2v) is 7.74. The maximum Gasteiger partial charge on any atom is 0.410 e. The van der Waals surface area contributed by atoms with Crippen LogP contribution in [0.4, 0.5) is 4.79 Å². The van der Waals surface area contributed by atoms with Crippen molar-refractivity contribution < 1.29 is 14.3 Å². The number of imidazole rings is 1. The van der Waals surface area contributed by atoms with Crippen LogP contribution in [0, 0.1) is 0 Å². The third-order valence-corrected chi connectivity index (χ3v) is 4.38. The Hall–Kier alpha value is -2.05. The molecule has 7 heteroatoms. The van der Waals surface area contributed by atoms with Crippen molar-refractivity contribution in [1.29, 1.82) is 0 Å². The molecule has 1 aromatic rings. The highest BCUT2D eigenvalue weighted by molar-refractivity contribution is 5.80. The van der Waals surface area contributed by atoms with Gasteiger partial charge in [-0.2, -0.15) is 0 Å². The normalized spacial score (nSPS) is 18.2. The largest absolute Gasteiger partial charge is 0.444 e. The van der Waals surface area contributed by atoms with E-state index in [1.807, 2.05) is 37.3 Å². The number of aromatic nitrogens is 2. The van der Waals surface area contributed by atoms with Crippen LogP contribution in [0.15, 0.2) is 12.5 Å². The van der Waals surface area contributed by atoms with Gasteiger partial charge < -0.3 is 19.1 Å². The predicted molar refractivity (Wildman–Crippen MR) is 88.4 cm³/mol. The number of ether oxygens (including phenoxy) is 1. The highest BCUT2D eigenvalue weighted by atomic mass is 16.6. The van der Waals surface area contributed by atoms with Gasteiger partial charge in [0.1, 0.15) is 5.60 Å². The Labute approximate surface area is 142 Å². The van der Waals surface area contributed by atoms with E-state index in [1.54, 1.807) is 17.4 Å². The van der Waals surface area contributed by atoms with Crippen LogP contribution in [-0.2, 0) is 23.0 Å². The van der Waals surface area contributed by atoms with Gasteiger partial charge in [0.25, 0.3) is 0 Å². The number of nitrogens with zero attached hydrogens (tertiary/aromatic N) is 4. The molecule has 1 saturated carbocycles. The molecule has 1 saturated heterocycles. The summed E-state index contributed by atoms with van der Waals surface area (Å²) in [5.41, 5.74) is 0.419. The van der Waals surface area contributed by atoms with E-state index in [0.717, 1.165) is 18.5 Å². The number of rotatable bonds is 4. The second kappa shape index (κ2) is 6.11. The summed E-state index contributed by atoms with van der Waals surface area (Å²) in [4.78, 5) is 32.5. The molecule has 0 N–H and O–H groups in total. The van der Waals surface area contributed by atoms with Crippen LogP contribution in [0.2, 0.25) is 0 Å². The van der Waals surface area contributed by atoms with Crippen LogP contribution in [0.5, 0.6) is 0 Å². The Morgan fingerprint density at radius 3 is 2.46 bits per heavy atom. The lowest BCUT2D eigenvalue weighted by Crippen LogP contribution is -2.63. The first-order chi connectivity index (χ1) is 11.2. The van der Waals surface area contributed by atoms with Crippen LogP contribution in [-0.4, -0.2) is 62.1 Å². The zero-order valence-electron chi connectivity index (χ0n) is 14.9. The number of hydrogen-bond acceptors (Lipinski definition) is 4. The topological polar surface area (TPSA) is 67.7 Å². The molecule has 1 aliphatic heterocycles. The van der Waals surface area contributed by atoms with Crippen molar-refractivity contribution in [2.45, 2.75) is 57.7 Å². The van der Waals surface area contributed by atoms with Crippen molar-refractivity contribution >= 4 is 12.0 Å². The lowest BCUT2D eigenvalue weighted by atomic mass is 10.1. The number of hydrogen-bond donors (Lipinski definition) is 0. The number of aryl methyl sites for hydroxylation is 1. The van der Waals surface area contributed by atoms with E-state index < -0.39 is 5.60 Å². The zero-order chi connectivity index (χ0) is 17.5. The van der Waals surface area contributed by atoms with Crippen molar-refractivity contribution in [3.05, 3.63) is 18.2 Å². The lowest BCUT2D eigenvalue weighted by Gasteiger charge is -2.45. The fourth-order valence-electron chi connectivity index (χ4n) is 2.97. The van der Waals surface area contributed by atoms with Gasteiger partial charge >= 0.3 is 6.09 Å². The molecule has 2 aliphatic rings. The van der Waals surface area contributed by atoms with Crippen molar-refractivity contribution in [1.82, 2.24) is 19.4 Å². The summed E-state index contributed by atoms with van der Waals surface area (Å²) < 4.78 is 7.25. The minimum absolute atomic E-state index is 0.103. The molecule has 0 radical (unpaired) electrons. The molecule has 3 rings (SSSR count). The minimum Gasteiger partial charge on any atom is -0.444 e. The van der Waals surface area contributed by atoms with E-state index >= 15 is 0 Å². The van der Waals surface area contributed by atoms with Gasteiger partial charge in [-0.1, -0.05) is 0 Å². The summed E-state index contributed by atoms with van der Waals surface area (Å²) >= 11 is 0. The lowest BCUT2D eigenvalue weighted by molar-refractivity contribution is -0.137. The first kappa shape index (κ1) is 16.8. The van der Waals surface area contributed by atoms with Crippen molar-refractivity contribution in [3.8, 4) is 0 Å². The zero-order valence-corrected chi connectivity index (χ0v) is 14.9. The molecule has 24 heavy (non-hydrogen) atoms. The molecule has 2 amide bonds. The summed E-state index contributed by atoms with van der Waals surface area (Å²) in [6.07, 6.45) is 5.61. The van der Waals surface area contributed by atoms with Gasteiger partial charge in [-0.25, -0.2) is 9.78 Å². The highest BCUT2D eigenvalue weighted by Gasteiger charge is 2.44. The Morgan fingerprint density at radius 1 is 1.29 bits per heavy atom. The Morgan fingerprint density at radius 2 is 1.96 bits per heavy atom. The molecule has 0 atom stereocenters. The number of likely N-dealkylation sites (tertiary alicyclic amines) is 1. The van der Waals surface area contributed by atoms with E-state index in [1.165, 1.54) is 0 Å². The standard InChI is InChI=1S/C17H26N4O3/c1-17(2,3)24-16(23)20-9-14(10-20)21(12-5-6-12)15(22)7-13-8-18-11-19(13)4/h8,11-12,14H,5-7,9-10H2,1-4H3. The monoisotopic (exact) mass is 334 g/mol. The number of carbonyl (C=O) groups is 2. The van der Waals surface area contributed by atoms with Gasteiger partial charge in [-0.05, 0) is 33.6 Å². The SMILES string of the molecule is Cn1cncc1CC(=O)N(C1CC1)C1CN(C(=O)OC(C)(C)C)C1. The number of amides is 2. The molecule has 0 bridgehead atoms. The molecule has 2 fully saturated rings. The van der Waals surface area contributed by atoms with Gasteiger partial charge in [0.05, 0.1) is 18.8 Å². The van der Waals surface area contributed by atoms with Crippen molar-refractivity contribution in [2.24, 2.45) is 7.05 Å². The van der Waals surface area contributed by atoms with Gasteiger partial charge in [0.15, 0.2) is 0 Å². The third kappa shape index (κ3) is 3.71. The quantitative estimate of drug-likeness (QED) is 0.838. The fourth-order valence-corrected chi connectivity index (χ4v) is 2.97. The van der Waals surface area contributed by atoms with E-state index in [-0.39, 0.29) is 18.0 Å². The van der Waals surface area contributed by atoms with Gasteiger partial charge in [-0.3, -0.25) is 4.79 Å². The maximum atomic E-state index is 12.7.